The molecule has 2 aliphatic rings. The van der Waals surface area contributed by atoms with Crippen LogP contribution in [0.1, 0.15) is 35.2 Å². The van der Waals surface area contributed by atoms with Gasteiger partial charge >= 0.3 is 6.09 Å². The maximum Gasteiger partial charge on any atom is 0.407 e. The third-order valence-electron chi connectivity index (χ3n) is 6.81. The number of anilines is 2. The first-order valence-electron chi connectivity index (χ1n) is 11.9. The summed E-state index contributed by atoms with van der Waals surface area (Å²) in [5, 5.41) is 16.9. The topological polar surface area (TPSA) is 129 Å². The largest absolute Gasteiger partial charge is 0.465 e. The lowest BCUT2D eigenvalue weighted by molar-refractivity contribution is 0.0693. The van der Waals surface area contributed by atoms with E-state index in [1.807, 2.05) is 53.6 Å². The maximum atomic E-state index is 12.8. The molecule has 0 aliphatic carbocycles. The van der Waals surface area contributed by atoms with Gasteiger partial charge in [0.2, 0.25) is 5.95 Å². The summed E-state index contributed by atoms with van der Waals surface area (Å²) in [6.07, 6.45) is 5.40. The molecular formula is C25H29N7O3. The zero-order valence-corrected chi connectivity index (χ0v) is 19.4. The Morgan fingerprint density at radius 2 is 1.86 bits per heavy atom. The summed E-state index contributed by atoms with van der Waals surface area (Å²) in [5.41, 5.74) is 9.91. The number of aromatic nitrogens is 3. The van der Waals surface area contributed by atoms with E-state index in [0.29, 0.717) is 49.1 Å². The Balaban J connectivity index is 1.28. The van der Waals surface area contributed by atoms with E-state index in [1.54, 1.807) is 4.52 Å². The molecule has 1 aromatic carbocycles. The molecule has 2 aliphatic heterocycles. The molecule has 0 radical (unpaired) electrons. The molecule has 0 spiro atoms. The quantitative estimate of drug-likeness (QED) is 0.517. The first-order valence-corrected chi connectivity index (χ1v) is 11.9. The Morgan fingerprint density at radius 3 is 2.51 bits per heavy atom. The lowest BCUT2D eigenvalue weighted by Gasteiger charge is -2.31. The fourth-order valence-electron chi connectivity index (χ4n) is 4.68. The monoisotopic (exact) mass is 475 g/mol. The lowest BCUT2D eigenvalue weighted by Crippen LogP contribution is -2.40. The highest BCUT2D eigenvalue weighted by Gasteiger charge is 2.23. The van der Waals surface area contributed by atoms with Crippen molar-refractivity contribution in [2.45, 2.75) is 19.3 Å². The second kappa shape index (κ2) is 9.75. The van der Waals surface area contributed by atoms with Gasteiger partial charge in [0.15, 0.2) is 5.65 Å². The van der Waals surface area contributed by atoms with Crippen molar-refractivity contribution in [2.24, 2.45) is 11.7 Å². The minimum absolute atomic E-state index is 0.0461. The fraction of sp³-hybridized carbons (Fsp3) is 0.360. The normalized spacial score (nSPS) is 16.9. The van der Waals surface area contributed by atoms with Crippen LogP contribution < -0.4 is 11.1 Å². The number of benzene rings is 1. The Hall–Kier alpha value is -3.92. The Kier molecular flexibility index (Phi) is 6.37. The fourth-order valence-corrected chi connectivity index (χ4v) is 4.68. The summed E-state index contributed by atoms with van der Waals surface area (Å²) in [5.74, 6) is 1.01. The van der Waals surface area contributed by atoms with Crippen LogP contribution in [0.25, 0.3) is 11.2 Å². The first kappa shape index (κ1) is 22.9. The smallest absolute Gasteiger partial charge is 0.407 e. The zero-order valence-electron chi connectivity index (χ0n) is 19.4. The second-order valence-electron chi connectivity index (χ2n) is 9.01. The van der Waals surface area contributed by atoms with E-state index in [0.717, 1.165) is 42.8 Å². The molecule has 2 aromatic heterocycles. The average molecular weight is 476 g/mol. The minimum Gasteiger partial charge on any atom is -0.465 e. The molecule has 182 valence electrons. The zero-order chi connectivity index (χ0) is 24.4. The van der Waals surface area contributed by atoms with Crippen molar-refractivity contribution in [3.05, 3.63) is 59.8 Å². The standard InChI is InChI=1S/C25H29N7O3/c26-16-17-7-12-30(13-8-17)23(33)19-3-5-20(6-4-19)27-24-28-22-21(2-1-11-32(22)29-24)18-9-14-31(15-10-18)25(34)35/h1-6,9,11,17H,7-8,10,12-16,26H2,(H,27,29)(H,34,35). The van der Waals surface area contributed by atoms with Crippen LogP contribution in [-0.4, -0.2) is 74.2 Å². The molecule has 1 saturated heterocycles. The summed E-state index contributed by atoms with van der Waals surface area (Å²) in [6, 6.07) is 11.2. The summed E-state index contributed by atoms with van der Waals surface area (Å²) in [7, 11) is 0. The van der Waals surface area contributed by atoms with Gasteiger partial charge in [0.05, 0.1) is 0 Å². The first-order chi connectivity index (χ1) is 17.0. The number of carboxylic acid groups (broad SMARTS) is 1. The van der Waals surface area contributed by atoms with Gasteiger partial charge in [0, 0.05) is 49.2 Å². The third kappa shape index (κ3) is 4.83. The molecule has 10 heteroatoms. The van der Waals surface area contributed by atoms with E-state index in [2.05, 4.69) is 15.4 Å². The van der Waals surface area contributed by atoms with Crippen LogP contribution >= 0.6 is 0 Å². The number of carbonyl (C=O) groups excluding carboxylic acids is 1. The van der Waals surface area contributed by atoms with E-state index >= 15 is 0 Å². The minimum atomic E-state index is -0.906. The van der Waals surface area contributed by atoms with Crippen LogP contribution in [0.3, 0.4) is 0 Å². The number of hydrogen-bond acceptors (Lipinski definition) is 6. The number of carbonyl (C=O) groups is 2. The van der Waals surface area contributed by atoms with Gasteiger partial charge in [-0.05, 0) is 73.7 Å². The molecule has 3 aromatic rings. The molecule has 0 saturated carbocycles. The predicted octanol–water partition coefficient (Wildman–Crippen LogP) is 3.05. The SMILES string of the molecule is NCC1CCN(C(=O)c2ccc(Nc3nc4c(C5=CCN(C(=O)O)CC5)cccn4n3)cc2)CC1. The molecule has 4 N–H and O–H groups in total. The van der Waals surface area contributed by atoms with Gasteiger partial charge in [0.1, 0.15) is 0 Å². The average Bonchev–Trinajstić information content (AvgIpc) is 3.31. The van der Waals surface area contributed by atoms with Gasteiger partial charge in [-0.15, -0.1) is 5.10 Å². The second-order valence-corrected chi connectivity index (χ2v) is 9.01. The van der Waals surface area contributed by atoms with E-state index in [4.69, 9.17) is 5.73 Å². The molecule has 5 rings (SSSR count). The number of rotatable bonds is 5. The molecule has 1 fully saturated rings. The number of piperidine rings is 1. The summed E-state index contributed by atoms with van der Waals surface area (Å²) in [6.45, 7) is 3.00. The van der Waals surface area contributed by atoms with Crippen molar-refractivity contribution in [1.82, 2.24) is 24.4 Å². The van der Waals surface area contributed by atoms with E-state index in [-0.39, 0.29) is 5.91 Å². The number of amides is 2. The van der Waals surface area contributed by atoms with Crippen molar-refractivity contribution >= 4 is 34.9 Å². The number of nitrogens with two attached hydrogens (primary N) is 1. The van der Waals surface area contributed by atoms with Crippen LogP contribution in [-0.2, 0) is 0 Å². The highest BCUT2D eigenvalue weighted by Crippen LogP contribution is 2.27. The number of likely N-dealkylation sites (tertiary alicyclic amines) is 1. The van der Waals surface area contributed by atoms with Gasteiger partial charge < -0.3 is 26.0 Å². The summed E-state index contributed by atoms with van der Waals surface area (Å²) >= 11 is 0. The molecule has 2 amide bonds. The summed E-state index contributed by atoms with van der Waals surface area (Å²) < 4.78 is 1.71. The molecule has 0 bridgehead atoms. The molecule has 0 unspecified atom stereocenters. The van der Waals surface area contributed by atoms with Crippen LogP contribution in [0.2, 0.25) is 0 Å². The highest BCUT2D eigenvalue weighted by molar-refractivity contribution is 5.94. The van der Waals surface area contributed by atoms with Gasteiger partial charge in [-0.3, -0.25) is 4.79 Å². The number of hydrogen-bond donors (Lipinski definition) is 3. The number of pyridine rings is 1. The van der Waals surface area contributed by atoms with Crippen molar-refractivity contribution in [3.8, 4) is 0 Å². The van der Waals surface area contributed by atoms with Crippen LogP contribution in [0.15, 0.2) is 48.7 Å². The van der Waals surface area contributed by atoms with Crippen LogP contribution in [0.5, 0.6) is 0 Å². The number of nitrogens with one attached hydrogen (secondary N) is 1. The number of fused-ring (bicyclic) bond motifs is 1. The van der Waals surface area contributed by atoms with Gasteiger partial charge in [0.25, 0.3) is 5.91 Å². The third-order valence-corrected chi connectivity index (χ3v) is 6.81. The van der Waals surface area contributed by atoms with Gasteiger partial charge in [-0.2, -0.15) is 4.98 Å². The maximum absolute atomic E-state index is 12.8. The molecular weight excluding hydrogens is 446 g/mol. The highest BCUT2D eigenvalue weighted by atomic mass is 16.4. The Bertz CT molecular complexity index is 1260. The lowest BCUT2D eigenvalue weighted by atomic mass is 9.96. The van der Waals surface area contributed by atoms with Gasteiger partial charge in [-0.1, -0.05) is 6.08 Å². The van der Waals surface area contributed by atoms with Crippen molar-refractivity contribution in [3.63, 3.8) is 0 Å². The summed E-state index contributed by atoms with van der Waals surface area (Å²) in [4.78, 5) is 32.0. The van der Waals surface area contributed by atoms with Crippen molar-refractivity contribution < 1.29 is 14.7 Å². The molecule has 35 heavy (non-hydrogen) atoms. The Morgan fingerprint density at radius 1 is 1.09 bits per heavy atom. The van der Waals surface area contributed by atoms with E-state index in [9.17, 15) is 14.7 Å². The molecule has 0 atom stereocenters. The van der Waals surface area contributed by atoms with Gasteiger partial charge in [-0.25, -0.2) is 9.31 Å². The van der Waals surface area contributed by atoms with Crippen molar-refractivity contribution in [2.75, 3.05) is 38.0 Å². The van der Waals surface area contributed by atoms with E-state index < -0.39 is 6.09 Å². The van der Waals surface area contributed by atoms with Crippen LogP contribution in [0, 0.1) is 5.92 Å². The van der Waals surface area contributed by atoms with Crippen LogP contribution in [0.4, 0.5) is 16.4 Å². The van der Waals surface area contributed by atoms with Crippen molar-refractivity contribution in [1.29, 1.82) is 0 Å². The number of nitrogens with zero attached hydrogens (tertiary/aromatic N) is 5. The molecule has 10 nitrogen and oxygen atoms in total. The molecule has 4 heterocycles. The van der Waals surface area contributed by atoms with E-state index in [1.165, 1.54) is 4.90 Å². The Labute approximate surface area is 203 Å². The predicted molar refractivity (Wildman–Crippen MR) is 133 cm³/mol.